The molecule has 0 N–H and O–H groups in total. The van der Waals surface area contributed by atoms with Crippen LogP contribution in [0.15, 0.2) is 54.7 Å². The molecule has 0 unspecified atom stereocenters. The van der Waals surface area contributed by atoms with Gasteiger partial charge < -0.3 is 4.90 Å². The molecule has 1 fully saturated rings. The van der Waals surface area contributed by atoms with Gasteiger partial charge in [-0.05, 0) is 78.8 Å². The van der Waals surface area contributed by atoms with E-state index in [1.54, 1.807) is 0 Å². The number of nitrogens with zero attached hydrogens (tertiary/aromatic N) is 2. The summed E-state index contributed by atoms with van der Waals surface area (Å²) < 4.78 is 0. The molecular formula is C24H27ClN2. The third-order valence-corrected chi connectivity index (χ3v) is 5.36. The molecule has 2 heterocycles. The number of anilines is 1. The van der Waals surface area contributed by atoms with Crippen molar-refractivity contribution < 1.29 is 0 Å². The average molecular weight is 379 g/mol. The van der Waals surface area contributed by atoms with E-state index in [-0.39, 0.29) is 12.4 Å². The van der Waals surface area contributed by atoms with Crippen LogP contribution in [0.25, 0.3) is 22.4 Å². The molecule has 0 aliphatic carbocycles. The molecule has 1 aliphatic rings. The molecule has 4 rings (SSSR count). The quantitative estimate of drug-likeness (QED) is 0.516. The van der Waals surface area contributed by atoms with E-state index in [1.807, 2.05) is 6.20 Å². The third kappa shape index (κ3) is 4.33. The van der Waals surface area contributed by atoms with Crippen LogP contribution in [-0.4, -0.2) is 18.1 Å². The van der Waals surface area contributed by atoms with Crippen LogP contribution in [0.2, 0.25) is 0 Å². The summed E-state index contributed by atoms with van der Waals surface area (Å²) in [7, 11) is 0. The van der Waals surface area contributed by atoms with Gasteiger partial charge in [0.15, 0.2) is 0 Å². The highest BCUT2D eigenvalue weighted by molar-refractivity contribution is 5.89. The van der Waals surface area contributed by atoms with Crippen LogP contribution in [-0.2, 0) is 0 Å². The lowest BCUT2D eigenvalue weighted by Crippen LogP contribution is -2.30. The normalized spacial score (nSPS) is 14.9. The minimum Gasteiger partial charge on any atom is -0.371 e. The number of benzene rings is 2. The van der Waals surface area contributed by atoms with Crippen molar-refractivity contribution >= 4 is 40.5 Å². The summed E-state index contributed by atoms with van der Waals surface area (Å²) in [5, 5.41) is 2.56. The molecule has 0 saturated carbocycles. The first kappa shape index (κ1) is 19.4. The van der Waals surface area contributed by atoms with Gasteiger partial charge >= 0.3 is 0 Å². The molecule has 1 aromatic heterocycles. The van der Waals surface area contributed by atoms with E-state index >= 15 is 0 Å². The first-order chi connectivity index (χ1) is 12.7. The molecule has 0 radical (unpaired) electrons. The van der Waals surface area contributed by atoms with Crippen molar-refractivity contribution in [2.75, 3.05) is 18.0 Å². The molecule has 0 bridgehead atoms. The molecule has 1 saturated heterocycles. The Hall–Kier alpha value is -2.32. The first-order valence-corrected chi connectivity index (χ1v) is 9.60. The average Bonchev–Trinajstić information content (AvgIpc) is 2.69. The van der Waals surface area contributed by atoms with Crippen molar-refractivity contribution in [3.05, 3.63) is 71.5 Å². The second kappa shape index (κ2) is 8.58. The number of aromatic nitrogens is 1. The molecule has 0 spiro atoms. The van der Waals surface area contributed by atoms with E-state index in [9.17, 15) is 0 Å². The third-order valence-electron chi connectivity index (χ3n) is 5.36. The lowest BCUT2D eigenvalue weighted by Gasteiger charge is -2.30. The maximum atomic E-state index is 4.66. The summed E-state index contributed by atoms with van der Waals surface area (Å²) >= 11 is 0. The summed E-state index contributed by atoms with van der Waals surface area (Å²) in [4.78, 5) is 7.18. The topological polar surface area (TPSA) is 16.1 Å². The number of aryl methyl sites for hydroxylation is 1. The number of rotatable bonds is 3. The van der Waals surface area contributed by atoms with Gasteiger partial charge in [-0.15, -0.1) is 12.4 Å². The van der Waals surface area contributed by atoms with Crippen LogP contribution in [0, 0.1) is 6.92 Å². The molecule has 27 heavy (non-hydrogen) atoms. The van der Waals surface area contributed by atoms with E-state index < -0.39 is 0 Å². The Bertz CT molecular complexity index is 956. The Balaban J connectivity index is 0.00000210. The molecule has 2 nitrogen and oxygen atoms in total. The van der Waals surface area contributed by atoms with Gasteiger partial charge in [0, 0.05) is 25.0 Å². The zero-order chi connectivity index (χ0) is 17.9. The number of allylic oxidation sites excluding steroid dienone is 1. The Morgan fingerprint density at radius 3 is 2.48 bits per heavy atom. The molecule has 3 aromatic rings. The second-order valence-electron chi connectivity index (χ2n) is 7.33. The van der Waals surface area contributed by atoms with Crippen LogP contribution in [0.3, 0.4) is 0 Å². The summed E-state index contributed by atoms with van der Waals surface area (Å²) in [5.41, 5.74) is 6.16. The van der Waals surface area contributed by atoms with Gasteiger partial charge in [0.1, 0.15) is 0 Å². The van der Waals surface area contributed by atoms with Gasteiger partial charge in [-0.2, -0.15) is 0 Å². The Kier molecular flexibility index (Phi) is 6.18. The SMILES string of the molecule is CC(=Cc1cc(N2CCCCC2)c(C)cn1)c1ccc2ccccc2c1.Cl. The maximum Gasteiger partial charge on any atom is 0.0653 e. The predicted molar refractivity (Wildman–Crippen MR) is 120 cm³/mol. The molecule has 2 aromatic carbocycles. The van der Waals surface area contributed by atoms with Crippen molar-refractivity contribution in [3.63, 3.8) is 0 Å². The van der Waals surface area contributed by atoms with Gasteiger partial charge in [0.2, 0.25) is 0 Å². The second-order valence-corrected chi connectivity index (χ2v) is 7.33. The van der Waals surface area contributed by atoms with E-state index in [0.29, 0.717) is 0 Å². The van der Waals surface area contributed by atoms with Crippen molar-refractivity contribution in [2.45, 2.75) is 33.1 Å². The van der Waals surface area contributed by atoms with Crippen molar-refractivity contribution in [2.24, 2.45) is 0 Å². The van der Waals surface area contributed by atoms with Gasteiger partial charge in [0.05, 0.1) is 5.69 Å². The van der Waals surface area contributed by atoms with Gasteiger partial charge in [-0.1, -0.05) is 36.4 Å². The Morgan fingerprint density at radius 2 is 1.70 bits per heavy atom. The van der Waals surface area contributed by atoms with Crippen LogP contribution >= 0.6 is 12.4 Å². The summed E-state index contributed by atoms with van der Waals surface area (Å²) in [5.74, 6) is 0. The Morgan fingerprint density at radius 1 is 0.963 bits per heavy atom. The largest absolute Gasteiger partial charge is 0.371 e. The van der Waals surface area contributed by atoms with Crippen molar-refractivity contribution in [1.29, 1.82) is 0 Å². The molecule has 140 valence electrons. The fraction of sp³-hybridized carbons (Fsp3) is 0.292. The number of fused-ring (bicyclic) bond motifs is 1. The smallest absolute Gasteiger partial charge is 0.0653 e. The minimum atomic E-state index is 0. The summed E-state index contributed by atoms with van der Waals surface area (Å²) in [6, 6.07) is 17.4. The number of pyridine rings is 1. The van der Waals surface area contributed by atoms with E-state index in [4.69, 9.17) is 0 Å². The fourth-order valence-electron chi connectivity index (χ4n) is 3.82. The number of hydrogen-bond acceptors (Lipinski definition) is 2. The molecular weight excluding hydrogens is 352 g/mol. The molecule has 0 atom stereocenters. The van der Waals surface area contributed by atoms with E-state index in [1.165, 1.54) is 52.4 Å². The van der Waals surface area contributed by atoms with Crippen molar-refractivity contribution in [1.82, 2.24) is 4.98 Å². The molecule has 0 amide bonds. The van der Waals surface area contributed by atoms with Crippen molar-refractivity contribution in [3.8, 4) is 0 Å². The highest BCUT2D eigenvalue weighted by atomic mass is 35.5. The summed E-state index contributed by atoms with van der Waals surface area (Å²) in [6.07, 6.45) is 8.17. The van der Waals surface area contributed by atoms with E-state index in [2.05, 4.69) is 78.3 Å². The maximum absolute atomic E-state index is 4.66. The van der Waals surface area contributed by atoms with Gasteiger partial charge in [-0.3, -0.25) is 4.98 Å². The fourth-order valence-corrected chi connectivity index (χ4v) is 3.82. The van der Waals surface area contributed by atoms with Crippen LogP contribution in [0.5, 0.6) is 0 Å². The van der Waals surface area contributed by atoms with Crippen LogP contribution in [0.4, 0.5) is 5.69 Å². The highest BCUT2D eigenvalue weighted by Crippen LogP contribution is 2.27. The van der Waals surface area contributed by atoms with Crippen LogP contribution < -0.4 is 4.90 Å². The zero-order valence-corrected chi connectivity index (χ0v) is 16.9. The summed E-state index contributed by atoms with van der Waals surface area (Å²) in [6.45, 7) is 6.67. The highest BCUT2D eigenvalue weighted by Gasteiger charge is 2.13. The van der Waals surface area contributed by atoms with Gasteiger partial charge in [0.25, 0.3) is 0 Å². The number of piperidine rings is 1. The molecule has 1 aliphatic heterocycles. The number of hydrogen-bond donors (Lipinski definition) is 0. The Labute approximate surface area is 168 Å². The van der Waals surface area contributed by atoms with E-state index in [0.717, 1.165) is 18.8 Å². The standard InChI is InChI=1S/C24H26N2.ClH/c1-18(21-11-10-20-8-4-5-9-22(20)15-21)14-23-16-24(19(2)17-25-23)26-12-6-3-7-13-26;/h4-5,8-11,14-17H,3,6-7,12-13H2,1-2H3;1H. The predicted octanol–water partition coefficient (Wildman–Crippen LogP) is 6.52. The lowest BCUT2D eigenvalue weighted by molar-refractivity contribution is 0.577. The zero-order valence-electron chi connectivity index (χ0n) is 16.1. The van der Waals surface area contributed by atoms with Gasteiger partial charge in [-0.25, -0.2) is 0 Å². The minimum absolute atomic E-state index is 0. The first-order valence-electron chi connectivity index (χ1n) is 9.60. The van der Waals surface area contributed by atoms with Crippen LogP contribution in [0.1, 0.15) is 43.0 Å². The number of halogens is 1. The molecule has 3 heteroatoms. The monoisotopic (exact) mass is 378 g/mol. The lowest BCUT2D eigenvalue weighted by atomic mass is 10.0.